The van der Waals surface area contributed by atoms with Gasteiger partial charge in [-0.25, -0.2) is 0 Å². The van der Waals surface area contributed by atoms with E-state index in [0.29, 0.717) is 5.92 Å². The Morgan fingerprint density at radius 1 is 1.04 bits per heavy atom. The maximum Gasteiger partial charge on any atom is 0.0516 e. The molecule has 2 nitrogen and oxygen atoms in total. The van der Waals surface area contributed by atoms with Crippen LogP contribution in [0.1, 0.15) is 84.2 Å². The van der Waals surface area contributed by atoms with E-state index in [9.17, 15) is 0 Å². The molecule has 0 amide bonds. The van der Waals surface area contributed by atoms with Crippen LogP contribution >= 0.6 is 0 Å². The number of hydrogen-bond donors (Lipinski definition) is 1. The Morgan fingerprint density at radius 2 is 1.63 bits per heavy atom. The van der Waals surface area contributed by atoms with Gasteiger partial charge in [-0.15, -0.1) is 0 Å². The number of benzene rings is 1. The number of hydrogen-bond acceptors (Lipinski definition) is 2. The highest BCUT2D eigenvalue weighted by Crippen LogP contribution is 2.31. The van der Waals surface area contributed by atoms with E-state index in [1.807, 2.05) is 6.20 Å². The predicted molar refractivity (Wildman–Crippen MR) is 121 cm³/mol. The minimum absolute atomic E-state index is 0.282. The topological polar surface area (TPSA) is 24.4 Å². The molecule has 0 aliphatic carbocycles. The molecule has 1 rings (SSSR count). The Kier molecular flexibility index (Phi) is 11.5. The number of allylic oxidation sites excluding steroid dienone is 1. The summed E-state index contributed by atoms with van der Waals surface area (Å²) >= 11 is 0. The third-order valence-electron chi connectivity index (χ3n) is 5.52. The molecule has 1 N–H and O–H groups in total. The van der Waals surface area contributed by atoms with Crippen LogP contribution in [0.25, 0.3) is 0 Å². The lowest BCUT2D eigenvalue weighted by Gasteiger charge is -2.29. The van der Waals surface area contributed by atoms with Crippen LogP contribution in [0.2, 0.25) is 0 Å². The Bertz CT molecular complexity index is 563. The molecule has 27 heavy (non-hydrogen) atoms. The fraction of sp³-hybridized carbons (Fsp3) is 0.560. The molecule has 150 valence electrons. The van der Waals surface area contributed by atoms with E-state index in [1.54, 1.807) is 0 Å². The summed E-state index contributed by atoms with van der Waals surface area (Å²) in [6.45, 7) is 17.1. The van der Waals surface area contributed by atoms with Crippen molar-refractivity contribution in [2.45, 2.75) is 78.7 Å². The standard InChI is InChI=1S/C25H40N2/c1-7-14-21(15-8-2)18-25(23-16-12-11-13-17-23)27-20(5)24(19-26-6)22(9-3)10-4/h11-13,16-17,19,21-22,25,27H,5-10,14-15,18H2,1-4H3/b24-19-. The number of nitrogens with one attached hydrogen (secondary N) is 1. The second-order valence-electron chi connectivity index (χ2n) is 7.55. The minimum Gasteiger partial charge on any atom is -0.378 e. The van der Waals surface area contributed by atoms with Crippen molar-refractivity contribution in [2.24, 2.45) is 16.8 Å². The first-order valence-corrected chi connectivity index (χ1v) is 10.8. The first-order valence-electron chi connectivity index (χ1n) is 10.8. The minimum atomic E-state index is 0.282. The Hall–Kier alpha value is -1.83. The summed E-state index contributed by atoms with van der Waals surface area (Å²) < 4.78 is 0. The second kappa shape index (κ2) is 13.4. The van der Waals surface area contributed by atoms with Gasteiger partial charge in [0.1, 0.15) is 0 Å². The van der Waals surface area contributed by atoms with Crippen LogP contribution in [0.15, 0.2) is 59.4 Å². The zero-order valence-electron chi connectivity index (χ0n) is 18.0. The fourth-order valence-electron chi connectivity index (χ4n) is 4.04. The first kappa shape index (κ1) is 23.2. The maximum absolute atomic E-state index is 4.39. The number of aliphatic imine (C=N–C) groups is 1. The van der Waals surface area contributed by atoms with Gasteiger partial charge in [0, 0.05) is 11.9 Å². The third-order valence-corrected chi connectivity index (χ3v) is 5.52. The highest BCUT2D eigenvalue weighted by Gasteiger charge is 2.21. The average Bonchev–Trinajstić information content (AvgIpc) is 2.68. The highest BCUT2D eigenvalue weighted by molar-refractivity contribution is 5.34. The van der Waals surface area contributed by atoms with Gasteiger partial charge in [-0.2, -0.15) is 0 Å². The van der Waals surface area contributed by atoms with Gasteiger partial charge in [-0.05, 0) is 49.0 Å². The van der Waals surface area contributed by atoms with Crippen molar-refractivity contribution in [3.05, 3.63) is 59.9 Å². The molecule has 1 unspecified atom stereocenters. The van der Waals surface area contributed by atoms with Gasteiger partial charge in [0.2, 0.25) is 0 Å². The van der Waals surface area contributed by atoms with Crippen molar-refractivity contribution in [2.75, 3.05) is 0 Å². The lowest BCUT2D eigenvalue weighted by Crippen LogP contribution is -2.25. The van der Waals surface area contributed by atoms with E-state index >= 15 is 0 Å². The molecule has 0 saturated heterocycles. The van der Waals surface area contributed by atoms with Crippen LogP contribution in [0.3, 0.4) is 0 Å². The van der Waals surface area contributed by atoms with Crippen LogP contribution < -0.4 is 5.32 Å². The van der Waals surface area contributed by atoms with Gasteiger partial charge in [0.05, 0.1) is 6.04 Å². The Labute approximate surface area is 167 Å². The Morgan fingerprint density at radius 3 is 2.11 bits per heavy atom. The van der Waals surface area contributed by atoms with E-state index in [-0.39, 0.29) is 6.04 Å². The van der Waals surface area contributed by atoms with E-state index in [2.05, 4.69) is 81.6 Å². The van der Waals surface area contributed by atoms with Crippen molar-refractivity contribution < 1.29 is 0 Å². The quantitative estimate of drug-likeness (QED) is 0.267. The molecule has 0 aliphatic rings. The zero-order valence-corrected chi connectivity index (χ0v) is 18.0. The lowest BCUT2D eigenvalue weighted by molar-refractivity contribution is 0.358. The summed E-state index contributed by atoms with van der Waals surface area (Å²) in [5.41, 5.74) is 3.53. The van der Waals surface area contributed by atoms with E-state index in [1.165, 1.54) is 36.8 Å². The van der Waals surface area contributed by atoms with E-state index in [4.69, 9.17) is 0 Å². The van der Waals surface area contributed by atoms with Crippen molar-refractivity contribution in [1.82, 2.24) is 5.32 Å². The zero-order chi connectivity index (χ0) is 20.1. The van der Waals surface area contributed by atoms with E-state index < -0.39 is 0 Å². The molecule has 0 saturated carbocycles. The summed E-state index contributed by atoms with van der Waals surface area (Å²) in [5, 5.41) is 3.76. The Balaban J connectivity index is 3.06. The van der Waals surface area contributed by atoms with Crippen LogP contribution in [-0.4, -0.2) is 6.72 Å². The molecule has 1 atom stereocenters. The maximum atomic E-state index is 4.39. The van der Waals surface area contributed by atoms with E-state index in [0.717, 1.165) is 30.9 Å². The first-order chi connectivity index (χ1) is 13.1. The lowest BCUT2D eigenvalue weighted by atomic mass is 9.87. The molecule has 0 spiro atoms. The smallest absolute Gasteiger partial charge is 0.0516 e. The molecular formula is C25H40N2. The third kappa shape index (κ3) is 7.74. The summed E-state index contributed by atoms with van der Waals surface area (Å²) in [4.78, 5) is 4.06. The normalized spacial score (nSPS) is 13.0. The number of nitrogens with zero attached hydrogens (tertiary/aromatic N) is 1. The number of rotatable bonds is 14. The summed E-state index contributed by atoms with van der Waals surface area (Å²) in [6.07, 6.45) is 10.3. The molecule has 0 bridgehead atoms. The van der Waals surface area contributed by atoms with Crippen molar-refractivity contribution in [1.29, 1.82) is 0 Å². The molecule has 1 aromatic rings. The fourth-order valence-corrected chi connectivity index (χ4v) is 4.04. The van der Waals surface area contributed by atoms with Gasteiger partial charge in [-0.3, -0.25) is 4.99 Å². The molecule has 0 heterocycles. The van der Waals surface area contributed by atoms with Crippen molar-refractivity contribution in [3.8, 4) is 0 Å². The van der Waals surface area contributed by atoms with Gasteiger partial charge in [0.25, 0.3) is 0 Å². The molecule has 0 aromatic heterocycles. The molecule has 0 aliphatic heterocycles. The van der Waals surface area contributed by atoms with Gasteiger partial charge < -0.3 is 5.32 Å². The molecule has 2 heteroatoms. The van der Waals surface area contributed by atoms with Crippen LogP contribution in [-0.2, 0) is 0 Å². The summed E-state index contributed by atoms with van der Waals surface area (Å²) in [7, 11) is 0. The van der Waals surface area contributed by atoms with Crippen LogP contribution in [0.4, 0.5) is 0 Å². The second-order valence-corrected chi connectivity index (χ2v) is 7.55. The summed E-state index contributed by atoms with van der Waals surface area (Å²) in [6, 6.07) is 11.1. The van der Waals surface area contributed by atoms with Crippen LogP contribution in [0.5, 0.6) is 0 Å². The predicted octanol–water partition coefficient (Wildman–Crippen LogP) is 7.46. The van der Waals surface area contributed by atoms with Crippen molar-refractivity contribution >= 4 is 6.72 Å². The highest BCUT2D eigenvalue weighted by atomic mass is 14.9. The molecular weight excluding hydrogens is 328 g/mol. The molecule has 0 radical (unpaired) electrons. The monoisotopic (exact) mass is 368 g/mol. The SMILES string of the molecule is C=N/C=C(/C(=C)NC(CC(CCC)CCC)c1ccccc1)C(CC)CC. The molecule has 0 fully saturated rings. The van der Waals surface area contributed by atoms with Gasteiger partial charge in [-0.1, -0.05) is 90.3 Å². The average molecular weight is 369 g/mol. The van der Waals surface area contributed by atoms with Gasteiger partial charge in [0.15, 0.2) is 0 Å². The molecule has 1 aromatic carbocycles. The largest absolute Gasteiger partial charge is 0.378 e. The van der Waals surface area contributed by atoms with Crippen LogP contribution in [0, 0.1) is 11.8 Å². The summed E-state index contributed by atoms with van der Waals surface area (Å²) in [5.74, 6) is 1.21. The van der Waals surface area contributed by atoms with Gasteiger partial charge >= 0.3 is 0 Å². The van der Waals surface area contributed by atoms with Crippen molar-refractivity contribution in [3.63, 3.8) is 0 Å².